The molecule has 9 nitrogen and oxygen atoms in total. The zero-order valence-corrected chi connectivity index (χ0v) is 18.2. The highest BCUT2D eigenvalue weighted by Gasteiger charge is 2.15. The summed E-state index contributed by atoms with van der Waals surface area (Å²) in [5.74, 6) is 1.33. The van der Waals surface area contributed by atoms with Crippen LogP contribution in [0.15, 0.2) is 47.0 Å². The van der Waals surface area contributed by atoms with Crippen molar-refractivity contribution in [1.29, 1.82) is 0 Å². The third-order valence-corrected chi connectivity index (χ3v) is 4.60. The highest BCUT2D eigenvalue weighted by Crippen LogP contribution is 2.31. The summed E-state index contributed by atoms with van der Waals surface area (Å²) in [5.41, 5.74) is 1.47. The van der Waals surface area contributed by atoms with Gasteiger partial charge in [-0.1, -0.05) is 17.3 Å². The Kier molecular flexibility index (Phi) is 7.80. The van der Waals surface area contributed by atoms with E-state index in [0.29, 0.717) is 47.3 Å². The molecule has 3 aromatic rings. The van der Waals surface area contributed by atoms with E-state index in [1.54, 1.807) is 57.5 Å². The maximum Gasteiger partial charge on any atom is 0.340 e. The van der Waals surface area contributed by atoms with E-state index in [2.05, 4.69) is 15.5 Å². The summed E-state index contributed by atoms with van der Waals surface area (Å²) in [6, 6.07) is 12.1. The Labute approximate surface area is 185 Å². The molecule has 0 unspecified atom stereocenters. The van der Waals surface area contributed by atoms with Gasteiger partial charge >= 0.3 is 5.97 Å². The van der Waals surface area contributed by atoms with Gasteiger partial charge in [-0.25, -0.2) is 4.79 Å². The number of methoxy groups -OCH3 is 2. The van der Waals surface area contributed by atoms with Crippen LogP contribution in [0.25, 0.3) is 11.4 Å². The van der Waals surface area contributed by atoms with Crippen LogP contribution in [0, 0.1) is 0 Å². The molecule has 1 N–H and O–H groups in total. The maximum atomic E-state index is 12.3. The zero-order valence-electron chi connectivity index (χ0n) is 18.2. The number of hydrogen-bond acceptors (Lipinski definition) is 8. The molecule has 0 radical (unpaired) electrons. The average molecular weight is 439 g/mol. The molecule has 1 aromatic heterocycles. The van der Waals surface area contributed by atoms with Crippen LogP contribution in [0.2, 0.25) is 0 Å². The number of rotatable bonds is 10. The number of amides is 1. The Morgan fingerprint density at radius 3 is 2.59 bits per heavy atom. The van der Waals surface area contributed by atoms with Crippen molar-refractivity contribution in [1.82, 2.24) is 10.1 Å². The molecule has 0 bridgehead atoms. The third-order valence-electron chi connectivity index (χ3n) is 4.60. The first kappa shape index (κ1) is 22.8. The van der Waals surface area contributed by atoms with Crippen LogP contribution < -0.4 is 14.8 Å². The monoisotopic (exact) mass is 439 g/mol. The first-order valence-corrected chi connectivity index (χ1v) is 10.2. The summed E-state index contributed by atoms with van der Waals surface area (Å²) in [6.45, 7) is 1.99. The van der Waals surface area contributed by atoms with E-state index < -0.39 is 5.97 Å². The molecular formula is C23H25N3O6. The van der Waals surface area contributed by atoms with Crippen LogP contribution in [-0.2, 0) is 16.0 Å². The number of hydrogen-bond donors (Lipinski definition) is 1. The van der Waals surface area contributed by atoms with E-state index >= 15 is 0 Å². The molecule has 1 heterocycles. The number of para-hydroxylation sites is 1. The predicted molar refractivity (Wildman–Crippen MR) is 117 cm³/mol. The minimum Gasteiger partial charge on any atom is -0.493 e. The number of nitrogens with zero attached hydrogens (tertiary/aromatic N) is 2. The standard InChI is InChI=1S/C23H25N3O6/c1-4-31-23(28)16-8-5-6-9-17(16)24-20(27)10-7-11-21-25-22(26-32-21)15-12-13-18(29-2)19(14-15)30-3/h5-6,8-9,12-14H,4,7,10-11H2,1-3H3,(H,24,27). The van der Waals surface area contributed by atoms with E-state index in [1.807, 2.05) is 6.07 Å². The van der Waals surface area contributed by atoms with Crippen LogP contribution in [-0.4, -0.2) is 42.8 Å². The number of carbonyl (C=O) groups is 2. The fourth-order valence-electron chi connectivity index (χ4n) is 3.04. The van der Waals surface area contributed by atoms with Crippen LogP contribution in [0.1, 0.15) is 36.0 Å². The first-order chi connectivity index (χ1) is 15.5. The summed E-state index contributed by atoms with van der Waals surface area (Å²) < 4.78 is 20.9. The van der Waals surface area contributed by atoms with E-state index in [0.717, 1.165) is 5.56 Å². The summed E-state index contributed by atoms with van der Waals surface area (Å²) in [4.78, 5) is 28.7. The molecule has 0 aliphatic heterocycles. The van der Waals surface area contributed by atoms with Gasteiger partial charge in [0.2, 0.25) is 17.6 Å². The topological polar surface area (TPSA) is 113 Å². The van der Waals surface area contributed by atoms with Crippen molar-refractivity contribution >= 4 is 17.6 Å². The third kappa shape index (κ3) is 5.63. The van der Waals surface area contributed by atoms with Crippen LogP contribution in [0.3, 0.4) is 0 Å². The smallest absolute Gasteiger partial charge is 0.340 e. The van der Waals surface area contributed by atoms with Gasteiger partial charge in [-0.15, -0.1) is 0 Å². The van der Waals surface area contributed by atoms with E-state index in [4.69, 9.17) is 18.7 Å². The number of nitrogens with one attached hydrogen (secondary N) is 1. The number of anilines is 1. The maximum absolute atomic E-state index is 12.3. The molecule has 1 amide bonds. The second-order valence-electron chi connectivity index (χ2n) is 6.75. The fraction of sp³-hybridized carbons (Fsp3) is 0.304. The number of aryl methyl sites for hydroxylation is 1. The van der Waals surface area contributed by atoms with Crippen LogP contribution in [0.5, 0.6) is 11.5 Å². The molecule has 3 rings (SSSR count). The lowest BCUT2D eigenvalue weighted by Gasteiger charge is -2.10. The Balaban J connectivity index is 1.55. The van der Waals surface area contributed by atoms with Gasteiger partial charge in [-0.05, 0) is 43.7 Å². The Bertz CT molecular complexity index is 1080. The van der Waals surface area contributed by atoms with Crippen LogP contribution >= 0.6 is 0 Å². The predicted octanol–water partition coefficient (Wildman–Crippen LogP) is 3.89. The quantitative estimate of drug-likeness (QED) is 0.474. The SMILES string of the molecule is CCOC(=O)c1ccccc1NC(=O)CCCc1nc(-c2ccc(OC)c(OC)c2)no1. The molecule has 0 aliphatic carbocycles. The molecule has 0 saturated heterocycles. The van der Waals surface area contributed by atoms with Crippen molar-refractivity contribution in [2.75, 3.05) is 26.1 Å². The molecule has 0 aliphatic rings. The average Bonchev–Trinajstić information content (AvgIpc) is 3.28. The first-order valence-electron chi connectivity index (χ1n) is 10.2. The molecule has 0 saturated carbocycles. The van der Waals surface area contributed by atoms with Gasteiger partial charge < -0.3 is 24.1 Å². The lowest BCUT2D eigenvalue weighted by atomic mass is 10.1. The number of carbonyl (C=O) groups excluding carboxylic acids is 2. The summed E-state index contributed by atoms with van der Waals surface area (Å²) in [7, 11) is 3.12. The molecule has 2 aromatic carbocycles. The van der Waals surface area contributed by atoms with Crippen molar-refractivity contribution in [3.8, 4) is 22.9 Å². The van der Waals surface area contributed by atoms with Gasteiger partial charge in [0, 0.05) is 18.4 Å². The van der Waals surface area contributed by atoms with Gasteiger partial charge in [0.1, 0.15) is 0 Å². The van der Waals surface area contributed by atoms with Crippen molar-refractivity contribution in [2.45, 2.75) is 26.2 Å². The highest BCUT2D eigenvalue weighted by molar-refractivity contribution is 6.01. The lowest BCUT2D eigenvalue weighted by Crippen LogP contribution is -2.15. The highest BCUT2D eigenvalue weighted by atomic mass is 16.5. The number of benzene rings is 2. The van der Waals surface area contributed by atoms with E-state index in [-0.39, 0.29) is 18.9 Å². The molecule has 168 valence electrons. The Morgan fingerprint density at radius 1 is 1.06 bits per heavy atom. The second kappa shape index (κ2) is 10.9. The largest absolute Gasteiger partial charge is 0.493 e. The fourth-order valence-corrected chi connectivity index (χ4v) is 3.04. The molecule has 0 atom stereocenters. The molecule has 0 spiro atoms. The normalized spacial score (nSPS) is 10.5. The zero-order chi connectivity index (χ0) is 22.9. The minimum absolute atomic E-state index is 0.221. The van der Waals surface area contributed by atoms with Crippen molar-refractivity contribution in [3.63, 3.8) is 0 Å². The summed E-state index contributed by atoms with van der Waals surface area (Å²) >= 11 is 0. The second-order valence-corrected chi connectivity index (χ2v) is 6.75. The Hall–Kier alpha value is -3.88. The van der Waals surface area contributed by atoms with Crippen molar-refractivity contribution in [3.05, 3.63) is 53.9 Å². The van der Waals surface area contributed by atoms with Crippen molar-refractivity contribution < 1.29 is 28.3 Å². The van der Waals surface area contributed by atoms with Gasteiger partial charge in [-0.2, -0.15) is 4.98 Å². The summed E-state index contributed by atoms with van der Waals surface area (Å²) in [5, 5.41) is 6.76. The number of ether oxygens (including phenoxy) is 3. The number of esters is 1. The summed E-state index contributed by atoms with van der Waals surface area (Å²) in [6.07, 6.45) is 1.17. The Morgan fingerprint density at radius 2 is 1.84 bits per heavy atom. The van der Waals surface area contributed by atoms with Gasteiger partial charge in [0.05, 0.1) is 32.1 Å². The molecule has 32 heavy (non-hydrogen) atoms. The van der Waals surface area contributed by atoms with Gasteiger partial charge in [-0.3, -0.25) is 4.79 Å². The molecular weight excluding hydrogens is 414 g/mol. The van der Waals surface area contributed by atoms with E-state index in [9.17, 15) is 9.59 Å². The van der Waals surface area contributed by atoms with Crippen LogP contribution in [0.4, 0.5) is 5.69 Å². The lowest BCUT2D eigenvalue weighted by molar-refractivity contribution is -0.116. The minimum atomic E-state index is -0.475. The molecule has 0 fully saturated rings. The van der Waals surface area contributed by atoms with E-state index in [1.165, 1.54) is 0 Å². The van der Waals surface area contributed by atoms with Gasteiger partial charge in [0.15, 0.2) is 11.5 Å². The number of aromatic nitrogens is 2. The molecule has 9 heteroatoms. The van der Waals surface area contributed by atoms with Crippen molar-refractivity contribution in [2.24, 2.45) is 0 Å². The van der Waals surface area contributed by atoms with Gasteiger partial charge in [0.25, 0.3) is 0 Å².